The quantitative estimate of drug-likeness (QED) is 0.823. The van der Waals surface area contributed by atoms with Gasteiger partial charge in [-0.25, -0.2) is 0 Å². The lowest BCUT2D eigenvalue weighted by molar-refractivity contribution is 0.00683. The van der Waals surface area contributed by atoms with Crippen LogP contribution in [0, 0.1) is 5.92 Å². The Labute approximate surface area is 96.2 Å². The summed E-state index contributed by atoms with van der Waals surface area (Å²) in [4.78, 5) is 0. The topological polar surface area (TPSA) is 47.3 Å². The smallest absolute Gasteiger partial charge is 0.0666 e. The third-order valence-electron chi connectivity index (χ3n) is 3.29. The van der Waals surface area contributed by atoms with E-state index in [9.17, 15) is 0 Å². The number of aliphatic hydroxyl groups excluding tert-OH is 1. The number of rotatable bonds is 5. The van der Waals surface area contributed by atoms with Crippen LogP contribution in [0.2, 0.25) is 0 Å². The van der Waals surface area contributed by atoms with Crippen molar-refractivity contribution in [3.8, 4) is 0 Å². The Bertz CT molecular complexity index is 279. The average Bonchev–Trinajstić information content (AvgIpc) is 2.83. The molecule has 90 valence electrons. The van der Waals surface area contributed by atoms with E-state index in [0.717, 1.165) is 38.8 Å². The van der Waals surface area contributed by atoms with Gasteiger partial charge in [0.05, 0.1) is 19.3 Å². The van der Waals surface area contributed by atoms with Crippen LogP contribution in [0.15, 0.2) is 18.5 Å². The first-order valence-corrected chi connectivity index (χ1v) is 6.08. The standard InChI is InChI=1S/C12H20N2O2/c15-10-11-2-4-12(5-3-11)16-9-8-14-7-1-6-13-14/h1,6-7,11-12,15H,2-5,8-10H2. The molecule has 1 saturated carbocycles. The first kappa shape index (κ1) is 11.6. The summed E-state index contributed by atoms with van der Waals surface area (Å²) in [5, 5.41) is 13.2. The predicted octanol–water partition coefficient (Wildman–Crippen LogP) is 1.45. The van der Waals surface area contributed by atoms with Gasteiger partial charge in [0.2, 0.25) is 0 Å². The number of aliphatic hydroxyl groups is 1. The highest BCUT2D eigenvalue weighted by molar-refractivity contribution is 4.77. The van der Waals surface area contributed by atoms with Crippen molar-refractivity contribution in [1.82, 2.24) is 9.78 Å². The highest BCUT2D eigenvalue weighted by atomic mass is 16.5. The second kappa shape index (κ2) is 6.01. The molecule has 0 bridgehead atoms. The number of aromatic nitrogens is 2. The summed E-state index contributed by atoms with van der Waals surface area (Å²) in [7, 11) is 0. The molecule has 2 rings (SSSR count). The first-order valence-electron chi connectivity index (χ1n) is 6.08. The van der Waals surface area contributed by atoms with E-state index in [1.165, 1.54) is 0 Å². The molecular weight excluding hydrogens is 204 g/mol. The van der Waals surface area contributed by atoms with Gasteiger partial charge in [0.25, 0.3) is 0 Å². The van der Waals surface area contributed by atoms with Gasteiger partial charge in [0.15, 0.2) is 0 Å². The Hall–Kier alpha value is -0.870. The van der Waals surface area contributed by atoms with E-state index >= 15 is 0 Å². The van der Waals surface area contributed by atoms with Crippen LogP contribution in [0.25, 0.3) is 0 Å². The van der Waals surface area contributed by atoms with E-state index in [0.29, 0.717) is 18.6 Å². The normalized spacial score (nSPS) is 25.8. The van der Waals surface area contributed by atoms with Crippen molar-refractivity contribution in [3.05, 3.63) is 18.5 Å². The number of ether oxygens (including phenoxy) is 1. The van der Waals surface area contributed by atoms with Crippen molar-refractivity contribution in [1.29, 1.82) is 0 Å². The van der Waals surface area contributed by atoms with Crippen LogP contribution in [0.5, 0.6) is 0 Å². The molecule has 1 aromatic heterocycles. The maximum Gasteiger partial charge on any atom is 0.0666 e. The zero-order valence-electron chi connectivity index (χ0n) is 9.59. The van der Waals surface area contributed by atoms with Crippen LogP contribution in [0.4, 0.5) is 0 Å². The Morgan fingerprint density at radius 1 is 1.31 bits per heavy atom. The average molecular weight is 224 g/mol. The van der Waals surface area contributed by atoms with Crippen LogP contribution in [-0.2, 0) is 11.3 Å². The monoisotopic (exact) mass is 224 g/mol. The Morgan fingerprint density at radius 3 is 2.75 bits per heavy atom. The summed E-state index contributed by atoms with van der Waals surface area (Å²) in [6, 6.07) is 1.92. The van der Waals surface area contributed by atoms with Gasteiger partial charge in [-0.1, -0.05) is 0 Å². The lowest BCUT2D eigenvalue weighted by Gasteiger charge is -2.27. The SMILES string of the molecule is OCC1CCC(OCCn2cccn2)CC1. The van der Waals surface area contributed by atoms with Gasteiger partial charge in [-0.15, -0.1) is 0 Å². The Morgan fingerprint density at radius 2 is 2.12 bits per heavy atom. The predicted molar refractivity (Wildman–Crippen MR) is 61.0 cm³/mol. The highest BCUT2D eigenvalue weighted by Crippen LogP contribution is 2.25. The molecule has 1 fully saturated rings. The first-order chi connectivity index (χ1) is 7.88. The van der Waals surface area contributed by atoms with Crippen molar-refractivity contribution in [2.75, 3.05) is 13.2 Å². The fraction of sp³-hybridized carbons (Fsp3) is 0.750. The van der Waals surface area contributed by atoms with Crippen molar-refractivity contribution < 1.29 is 9.84 Å². The van der Waals surface area contributed by atoms with Gasteiger partial charge >= 0.3 is 0 Å². The molecule has 1 aliphatic carbocycles. The molecule has 0 aliphatic heterocycles. The Kier molecular flexibility index (Phi) is 4.36. The molecule has 4 heteroatoms. The van der Waals surface area contributed by atoms with Crippen LogP contribution in [0.1, 0.15) is 25.7 Å². The second-order valence-electron chi connectivity index (χ2n) is 4.47. The molecule has 0 amide bonds. The molecule has 0 saturated heterocycles. The van der Waals surface area contributed by atoms with E-state index in [4.69, 9.17) is 9.84 Å². The van der Waals surface area contributed by atoms with E-state index in [1.807, 2.05) is 16.9 Å². The highest BCUT2D eigenvalue weighted by Gasteiger charge is 2.20. The third-order valence-corrected chi connectivity index (χ3v) is 3.29. The molecule has 0 aromatic carbocycles. The van der Waals surface area contributed by atoms with Gasteiger partial charge in [0.1, 0.15) is 0 Å². The number of hydrogen-bond donors (Lipinski definition) is 1. The summed E-state index contributed by atoms with van der Waals surface area (Å²) in [6.45, 7) is 1.89. The van der Waals surface area contributed by atoms with Gasteiger partial charge < -0.3 is 9.84 Å². The van der Waals surface area contributed by atoms with Gasteiger partial charge in [-0.05, 0) is 37.7 Å². The van der Waals surface area contributed by atoms with Crippen LogP contribution in [0.3, 0.4) is 0 Å². The van der Waals surface area contributed by atoms with Crippen LogP contribution < -0.4 is 0 Å². The molecule has 4 nitrogen and oxygen atoms in total. The Balaban J connectivity index is 1.60. The van der Waals surface area contributed by atoms with Gasteiger partial charge in [-0.2, -0.15) is 5.10 Å². The summed E-state index contributed by atoms with van der Waals surface area (Å²) >= 11 is 0. The zero-order chi connectivity index (χ0) is 11.2. The van der Waals surface area contributed by atoms with Crippen molar-refractivity contribution in [2.24, 2.45) is 5.92 Å². The molecular formula is C12H20N2O2. The molecule has 1 heterocycles. The maximum atomic E-state index is 9.03. The van der Waals surface area contributed by atoms with E-state index in [1.54, 1.807) is 6.20 Å². The molecule has 1 aliphatic rings. The van der Waals surface area contributed by atoms with Gasteiger partial charge in [0, 0.05) is 19.0 Å². The molecule has 1 N–H and O–H groups in total. The van der Waals surface area contributed by atoms with Crippen molar-refractivity contribution in [3.63, 3.8) is 0 Å². The van der Waals surface area contributed by atoms with E-state index < -0.39 is 0 Å². The lowest BCUT2D eigenvalue weighted by Crippen LogP contribution is -2.24. The molecule has 0 unspecified atom stereocenters. The minimum Gasteiger partial charge on any atom is -0.396 e. The van der Waals surface area contributed by atoms with Crippen molar-refractivity contribution >= 4 is 0 Å². The molecule has 16 heavy (non-hydrogen) atoms. The zero-order valence-corrected chi connectivity index (χ0v) is 9.59. The van der Waals surface area contributed by atoms with Gasteiger partial charge in [-0.3, -0.25) is 4.68 Å². The summed E-state index contributed by atoms with van der Waals surface area (Å²) in [5.74, 6) is 0.506. The minimum atomic E-state index is 0.333. The fourth-order valence-corrected chi connectivity index (χ4v) is 2.23. The lowest BCUT2D eigenvalue weighted by atomic mass is 9.88. The van der Waals surface area contributed by atoms with E-state index in [2.05, 4.69) is 5.10 Å². The molecule has 1 aromatic rings. The number of hydrogen-bond acceptors (Lipinski definition) is 3. The number of nitrogens with zero attached hydrogens (tertiary/aromatic N) is 2. The van der Waals surface area contributed by atoms with Crippen molar-refractivity contribution in [2.45, 2.75) is 38.3 Å². The second-order valence-corrected chi connectivity index (χ2v) is 4.47. The third kappa shape index (κ3) is 3.32. The summed E-state index contributed by atoms with van der Waals surface area (Å²) < 4.78 is 7.69. The van der Waals surface area contributed by atoms with Crippen LogP contribution in [-0.4, -0.2) is 34.2 Å². The summed E-state index contributed by atoms with van der Waals surface area (Å²) in [6.07, 6.45) is 8.50. The molecule has 0 atom stereocenters. The molecule has 0 spiro atoms. The molecule has 0 radical (unpaired) electrons. The fourth-order valence-electron chi connectivity index (χ4n) is 2.23. The maximum absolute atomic E-state index is 9.03. The summed E-state index contributed by atoms with van der Waals surface area (Å²) in [5.41, 5.74) is 0. The van der Waals surface area contributed by atoms with Crippen LogP contribution >= 0.6 is 0 Å². The largest absolute Gasteiger partial charge is 0.396 e. The minimum absolute atomic E-state index is 0.333. The van der Waals surface area contributed by atoms with E-state index in [-0.39, 0.29) is 0 Å².